The lowest BCUT2D eigenvalue weighted by atomic mass is 9.99. The Morgan fingerprint density at radius 2 is 1.90 bits per heavy atom. The van der Waals surface area contributed by atoms with Crippen LogP contribution < -0.4 is 10.6 Å². The molecule has 1 heterocycles. The molecule has 1 aromatic carbocycles. The van der Waals surface area contributed by atoms with E-state index in [1.54, 1.807) is 7.05 Å². The van der Waals surface area contributed by atoms with Gasteiger partial charge in [0.05, 0.1) is 23.7 Å². The molecule has 29 heavy (non-hydrogen) atoms. The van der Waals surface area contributed by atoms with Gasteiger partial charge in [0.1, 0.15) is 0 Å². The molecule has 8 heteroatoms. The first-order valence-corrected chi connectivity index (χ1v) is 11.9. The van der Waals surface area contributed by atoms with Crippen molar-refractivity contribution in [3.8, 4) is 0 Å². The van der Waals surface area contributed by atoms with Crippen LogP contribution in [0.25, 0.3) is 0 Å². The maximum Gasteiger partial charge on any atom is 0.191 e. The molecule has 0 aliphatic carbocycles. The average Bonchev–Trinajstić information content (AvgIpc) is 3.17. The molecule has 0 radical (unpaired) electrons. The molecule has 0 aliphatic heterocycles. The zero-order valence-corrected chi connectivity index (χ0v) is 18.3. The summed E-state index contributed by atoms with van der Waals surface area (Å²) >= 11 is 0. The molecule has 0 saturated heterocycles. The predicted molar refractivity (Wildman–Crippen MR) is 117 cm³/mol. The Bertz CT molecular complexity index is 859. The number of hydrogen-bond donors (Lipinski definition) is 2. The summed E-state index contributed by atoms with van der Waals surface area (Å²) in [6.07, 6.45) is 2.58. The molecule has 0 aliphatic rings. The van der Waals surface area contributed by atoms with Gasteiger partial charge >= 0.3 is 0 Å². The van der Waals surface area contributed by atoms with Crippen LogP contribution >= 0.6 is 0 Å². The Kier molecular flexibility index (Phi) is 9.18. The molecule has 0 saturated carbocycles. The fraction of sp³-hybridized carbons (Fsp3) is 0.524. The van der Waals surface area contributed by atoms with E-state index in [0.29, 0.717) is 31.4 Å². The van der Waals surface area contributed by atoms with Crippen LogP contribution in [0.3, 0.4) is 0 Å². The highest BCUT2D eigenvalue weighted by Gasteiger charge is 2.14. The van der Waals surface area contributed by atoms with Gasteiger partial charge in [0.2, 0.25) is 0 Å². The van der Waals surface area contributed by atoms with E-state index < -0.39 is 9.84 Å². The second kappa shape index (κ2) is 11.6. The van der Waals surface area contributed by atoms with Crippen LogP contribution in [0.15, 0.2) is 45.9 Å². The molecule has 0 atom stereocenters. The van der Waals surface area contributed by atoms with Gasteiger partial charge in [-0.2, -0.15) is 0 Å². The molecule has 2 N–H and O–H groups in total. The smallest absolute Gasteiger partial charge is 0.191 e. The number of nitrogens with one attached hydrogen (secondary N) is 2. The summed E-state index contributed by atoms with van der Waals surface area (Å²) in [5.41, 5.74) is 1.80. The molecule has 0 amide bonds. The number of hydrogen-bond acceptors (Lipinski definition) is 5. The quantitative estimate of drug-likeness (QED) is 0.329. The molecule has 1 aromatic heterocycles. The molecular formula is C21H32N4O3S. The highest BCUT2D eigenvalue weighted by Crippen LogP contribution is 2.22. The molecule has 2 aromatic rings. The van der Waals surface area contributed by atoms with E-state index in [0.717, 1.165) is 29.9 Å². The lowest BCUT2D eigenvalue weighted by Gasteiger charge is -2.11. The van der Waals surface area contributed by atoms with Gasteiger partial charge < -0.3 is 15.2 Å². The number of aromatic nitrogens is 1. The Balaban J connectivity index is 1.72. The molecule has 0 spiro atoms. The predicted octanol–water partition coefficient (Wildman–Crippen LogP) is 3.25. The van der Waals surface area contributed by atoms with E-state index in [2.05, 4.69) is 34.6 Å². The van der Waals surface area contributed by atoms with E-state index in [-0.39, 0.29) is 11.5 Å². The Morgan fingerprint density at radius 1 is 1.17 bits per heavy atom. The third kappa shape index (κ3) is 7.89. The summed E-state index contributed by atoms with van der Waals surface area (Å²) in [5, 5.41) is 10.5. The highest BCUT2D eigenvalue weighted by atomic mass is 32.2. The fourth-order valence-electron chi connectivity index (χ4n) is 3.10. The van der Waals surface area contributed by atoms with E-state index >= 15 is 0 Å². The summed E-state index contributed by atoms with van der Waals surface area (Å²) in [7, 11) is -1.45. The summed E-state index contributed by atoms with van der Waals surface area (Å²) < 4.78 is 29.9. The SMILES string of the molecule is CCC(CC)c1cc(CNC(=NC)NCCCS(=O)(=O)Cc2ccccc2)on1. The highest BCUT2D eigenvalue weighted by molar-refractivity contribution is 7.90. The minimum atomic E-state index is -3.13. The van der Waals surface area contributed by atoms with Gasteiger partial charge in [0.15, 0.2) is 21.6 Å². The van der Waals surface area contributed by atoms with E-state index in [9.17, 15) is 8.42 Å². The van der Waals surface area contributed by atoms with Gasteiger partial charge in [0, 0.05) is 25.6 Å². The number of guanidine groups is 1. The maximum atomic E-state index is 12.2. The molecule has 2 rings (SSSR count). The van der Waals surface area contributed by atoms with Crippen LogP contribution in [0.5, 0.6) is 0 Å². The second-order valence-electron chi connectivity index (χ2n) is 7.02. The molecule has 0 unspecified atom stereocenters. The van der Waals surface area contributed by atoms with E-state index in [1.807, 2.05) is 36.4 Å². The van der Waals surface area contributed by atoms with Gasteiger partial charge in [-0.25, -0.2) is 8.42 Å². The number of benzene rings is 1. The summed E-state index contributed by atoms with van der Waals surface area (Å²) in [5.74, 6) is 1.98. The molecule has 160 valence electrons. The number of rotatable bonds is 11. The van der Waals surface area contributed by atoms with Crippen molar-refractivity contribution in [3.63, 3.8) is 0 Å². The maximum absolute atomic E-state index is 12.2. The van der Waals surface area contributed by atoms with Crippen LogP contribution in [0, 0.1) is 0 Å². The third-order valence-corrected chi connectivity index (χ3v) is 6.47. The third-order valence-electron chi connectivity index (χ3n) is 4.79. The van der Waals surface area contributed by atoms with Crippen molar-refractivity contribution in [1.82, 2.24) is 15.8 Å². The molecule has 7 nitrogen and oxygen atoms in total. The van der Waals surface area contributed by atoms with Crippen LogP contribution in [-0.4, -0.2) is 38.9 Å². The van der Waals surface area contributed by atoms with Crippen molar-refractivity contribution in [2.24, 2.45) is 4.99 Å². The topological polar surface area (TPSA) is 96.6 Å². The molecular weight excluding hydrogens is 388 g/mol. The van der Waals surface area contributed by atoms with Crippen LogP contribution in [0.2, 0.25) is 0 Å². The Labute approximate surface area is 173 Å². The number of aliphatic imine (C=N–C) groups is 1. The normalized spacial score (nSPS) is 12.3. The summed E-state index contributed by atoms with van der Waals surface area (Å²) in [6.45, 7) is 5.28. The number of nitrogens with zero attached hydrogens (tertiary/aromatic N) is 2. The van der Waals surface area contributed by atoms with Crippen molar-refractivity contribution >= 4 is 15.8 Å². The van der Waals surface area contributed by atoms with Gasteiger partial charge in [-0.1, -0.05) is 49.3 Å². The first-order chi connectivity index (χ1) is 14.0. The van der Waals surface area contributed by atoms with Crippen LogP contribution in [-0.2, 0) is 22.1 Å². The molecule has 0 fully saturated rings. The standard InChI is InChI=1S/C21H32N4O3S/c1-4-18(5-2)20-14-19(28-25-20)15-24-21(22-3)23-12-9-13-29(26,27)16-17-10-7-6-8-11-17/h6-8,10-11,14,18H,4-5,9,12-13,15-16H2,1-3H3,(H2,22,23,24). The van der Waals surface area contributed by atoms with Crippen molar-refractivity contribution in [2.75, 3.05) is 19.3 Å². The second-order valence-corrected chi connectivity index (χ2v) is 9.20. The summed E-state index contributed by atoms with van der Waals surface area (Å²) in [4.78, 5) is 4.16. The van der Waals surface area contributed by atoms with Crippen LogP contribution in [0.1, 0.15) is 56.0 Å². The van der Waals surface area contributed by atoms with Gasteiger partial charge in [0.25, 0.3) is 0 Å². The van der Waals surface area contributed by atoms with E-state index in [1.165, 1.54) is 0 Å². The minimum absolute atomic E-state index is 0.0746. The van der Waals surface area contributed by atoms with Crippen molar-refractivity contribution in [2.45, 2.75) is 51.3 Å². The number of sulfone groups is 1. The minimum Gasteiger partial charge on any atom is -0.359 e. The largest absolute Gasteiger partial charge is 0.359 e. The van der Waals surface area contributed by atoms with Crippen LogP contribution in [0.4, 0.5) is 0 Å². The summed E-state index contributed by atoms with van der Waals surface area (Å²) in [6, 6.07) is 11.2. The van der Waals surface area contributed by atoms with Gasteiger partial charge in [-0.3, -0.25) is 4.99 Å². The average molecular weight is 421 g/mol. The van der Waals surface area contributed by atoms with Gasteiger partial charge in [-0.15, -0.1) is 0 Å². The van der Waals surface area contributed by atoms with Crippen molar-refractivity contribution < 1.29 is 12.9 Å². The van der Waals surface area contributed by atoms with Crippen molar-refractivity contribution in [1.29, 1.82) is 0 Å². The zero-order valence-electron chi connectivity index (χ0n) is 17.5. The first kappa shape index (κ1) is 22.9. The fourth-order valence-corrected chi connectivity index (χ4v) is 4.53. The Morgan fingerprint density at radius 3 is 2.55 bits per heavy atom. The zero-order chi connectivity index (χ0) is 21.1. The lowest BCUT2D eigenvalue weighted by molar-refractivity contribution is 0.368. The lowest BCUT2D eigenvalue weighted by Crippen LogP contribution is -2.37. The monoisotopic (exact) mass is 420 g/mol. The molecule has 0 bridgehead atoms. The first-order valence-electron chi connectivity index (χ1n) is 10.1. The van der Waals surface area contributed by atoms with Gasteiger partial charge in [-0.05, 0) is 24.8 Å². The Hall–Kier alpha value is -2.35. The van der Waals surface area contributed by atoms with Crippen molar-refractivity contribution in [3.05, 3.63) is 53.4 Å². The van der Waals surface area contributed by atoms with E-state index in [4.69, 9.17) is 4.52 Å².